The maximum Gasteiger partial charge on any atom is 0.319 e. The molecule has 0 aromatic heterocycles. The number of carbonyl (C=O) groups excluding carboxylic acids is 1. The highest BCUT2D eigenvalue weighted by Crippen LogP contribution is 2.33. The number of amides is 2. The van der Waals surface area contributed by atoms with Gasteiger partial charge in [-0.2, -0.15) is 0 Å². The largest absolute Gasteiger partial charge is 0.481 e. The molecule has 1 atom stereocenters. The fourth-order valence-electron chi connectivity index (χ4n) is 2.60. The molecule has 0 spiro atoms. The predicted octanol–water partition coefficient (Wildman–Crippen LogP) is 1.18. The van der Waals surface area contributed by atoms with Crippen LogP contribution in [0.5, 0.6) is 0 Å². The first-order chi connectivity index (χ1) is 9.32. The van der Waals surface area contributed by atoms with Crippen molar-refractivity contribution in [3.05, 3.63) is 0 Å². The van der Waals surface area contributed by atoms with Crippen molar-refractivity contribution < 1.29 is 14.7 Å². The molecule has 1 aliphatic heterocycles. The average Bonchev–Trinajstić information content (AvgIpc) is 2.43. The lowest BCUT2D eigenvalue weighted by Crippen LogP contribution is -2.53. The maximum absolute atomic E-state index is 12.4. The van der Waals surface area contributed by atoms with Crippen LogP contribution >= 0.6 is 0 Å². The lowest BCUT2D eigenvalue weighted by atomic mass is 9.78. The van der Waals surface area contributed by atoms with E-state index >= 15 is 0 Å². The van der Waals surface area contributed by atoms with Crippen molar-refractivity contribution in [3.63, 3.8) is 0 Å². The van der Waals surface area contributed by atoms with Crippen LogP contribution in [0.2, 0.25) is 0 Å². The van der Waals surface area contributed by atoms with E-state index in [1.807, 2.05) is 25.9 Å². The van der Waals surface area contributed by atoms with Gasteiger partial charge in [0.25, 0.3) is 0 Å². The molecule has 1 heterocycles. The van der Waals surface area contributed by atoms with Crippen LogP contribution < -0.4 is 0 Å². The Hall–Kier alpha value is -1.30. The van der Waals surface area contributed by atoms with Crippen molar-refractivity contribution in [2.24, 2.45) is 5.41 Å². The first-order valence-corrected chi connectivity index (χ1v) is 7.20. The van der Waals surface area contributed by atoms with Crippen LogP contribution in [-0.4, -0.2) is 79.1 Å². The van der Waals surface area contributed by atoms with Gasteiger partial charge in [-0.1, -0.05) is 6.92 Å². The van der Waals surface area contributed by atoms with Gasteiger partial charge >= 0.3 is 12.0 Å². The summed E-state index contributed by atoms with van der Waals surface area (Å²) in [7, 11) is 5.70. The van der Waals surface area contributed by atoms with E-state index in [1.165, 1.54) is 0 Å². The molecule has 1 unspecified atom stereocenters. The van der Waals surface area contributed by atoms with Crippen molar-refractivity contribution in [1.29, 1.82) is 0 Å². The number of aliphatic carboxylic acids is 1. The lowest BCUT2D eigenvalue weighted by Gasteiger charge is -2.40. The van der Waals surface area contributed by atoms with E-state index in [2.05, 4.69) is 0 Å². The van der Waals surface area contributed by atoms with Crippen molar-refractivity contribution in [2.45, 2.75) is 26.2 Å². The summed E-state index contributed by atoms with van der Waals surface area (Å²) < 4.78 is 0. The van der Waals surface area contributed by atoms with Gasteiger partial charge in [-0.3, -0.25) is 4.79 Å². The molecular formula is C14H27N3O3. The number of urea groups is 1. The van der Waals surface area contributed by atoms with Gasteiger partial charge in [0, 0.05) is 33.2 Å². The highest BCUT2D eigenvalue weighted by atomic mass is 16.4. The molecular weight excluding hydrogens is 258 g/mol. The molecule has 6 heteroatoms. The summed E-state index contributed by atoms with van der Waals surface area (Å²) in [6, 6.07) is -0.0642. The van der Waals surface area contributed by atoms with Gasteiger partial charge in [0.1, 0.15) is 0 Å². The first kappa shape index (κ1) is 16.8. The summed E-state index contributed by atoms with van der Waals surface area (Å²) in [6.45, 7) is 4.31. The Morgan fingerprint density at radius 1 is 1.25 bits per heavy atom. The second-order valence-corrected chi connectivity index (χ2v) is 5.97. The molecule has 0 aromatic rings. The van der Waals surface area contributed by atoms with Crippen molar-refractivity contribution in [3.8, 4) is 0 Å². The number of carbonyl (C=O) groups is 2. The number of hydrogen-bond donors (Lipinski definition) is 1. The number of nitrogens with zero attached hydrogens (tertiary/aromatic N) is 3. The second-order valence-electron chi connectivity index (χ2n) is 5.97. The summed E-state index contributed by atoms with van der Waals surface area (Å²) in [5.41, 5.74) is -0.768. The monoisotopic (exact) mass is 285 g/mol. The topological polar surface area (TPSA) is 64.1 Å². The molecule has 116 valence electrons. The predicted molar refractivity (Wildman–Crippen MR) is 77.7 cm³/mol. The highest BCUT2D eigenvalue weighted by Gasteiger charge is 2.42. The summed E-state index contributed by atoms with van der Waals surface area (Å²) >= 11 is 0. The minimum atomic E-state index is -0.784. The van der Waals surface area contributed by atoms with Crippen LogP contribution in [0.1, 0.15) is 26.2 Å². The van der Waals surface area contributed by atoms with E-state index in [0.29, 0.717) is 32.5 Å². The standard InChI is InChI=1S/C14H27N3O3/c1-5-14(12(18)19)7-6-8-17(11-14)13(20)16(4)10-9-15(2)3/h5-11H2,1-4H3,(H,18,19). The Morgan fingerprint density at radius 2 is 1.90 bits per heavy atom. The minimum absolute atomic E-state index is 0.0642. The van der Waals surface area contributed by atoms with Gasteiger partial charge < -0.3 is 19.8 Å². The molecule has 1 saturated heterocycles. The maximum atomic E-state index is 12.4. The van der Waals surface area contributed by atoms with Gasteiger partial charge in [0.05, 0.1) is 5.41 Å². The molecule has 1 fully saturated rings. The van der Waals surface area contributed by atoms with Gasteiger partial charge in [0.15, 0.2) is 0 Å². The number of piperidine rings is 1. The van der Waals surface area contributed by atoms with E-state index in [4.69, 9.17) is 0 Å². The number of carboxylic acid groups (broad SMARTS) is 1. The highest BCUT2D eigenvalue weighted by molar-refractivity contribution is 5.78. The van der Waals surface area contributed by atoms with E-state index < -0.39 is 11.4 Å². The van der Waals surface area contributed by atoms with Crippen LogP contribution in [0, 0.1) is 5.41 Å². The zero-order chi connectivity index (χ0) is 15.3. The molecule has 0 radical (unpaired) electrons. The SMILES string of the molecule is CCC1(C(=O)O)CCCN(C(=O)N(C)CCN(C)C)C1. The van der Waals surface area contributed by atoms with Crippen LogP contribution in [0.25, 0.3) is 0 Å². The molecule has 1 aliphatic rings. The van der Waals surface area contributed by atoms with Crippen LogP contribution in [0.4, 0.5) is 4.79 Å². The quantitative estimate of drug-likeness (QED) is 0.824. The number of hydrogen-bond acceptors (Lipinski definition) is 3. The van der Waals surface area contributed by atoms with E-state index in [1.54, 1.807) is 16.8 Å². The molecule has 1 N–H and O–H groups in total. The molecule has 6 nitrogen and oxygen atoms in total. The number of carboxylic acids is 1. The van der Waals surface area contributed by atoms with E-state index in [0.717, 1.165) is 13.0 Å². The molecule has 0 saturated carbocycles. The summed E-state index contributed by atoms with van der Waals surface area (Å²) in [6.07, 6.45) is 1.98. The molecule has 0 bridgehead atoms. The molecule has 0 aliphatic carbocycles. The van der Waals surface area contributed by atoms with Gasteiger partial charge in [-0.15, -0.1) is 0 Å². The third-order valence-electron chi connectivity index (χ3n) is 4.19. The van der Waals surface area contributed by atoms with Crippen molar-refractivity contribution in [1.82, 2.24) is 14.7 Å². The summed E-state index contributed by atoms with van der Waals surface area (Å²) in [4.78, 5) is 29.3. The Kier molecular flexibility index (Phi) is 5.80. The summed E-state index contributed by atoms with van der Waals surface area (Å²) in [5.74, 6) is -0.784. The van der Waals surface area contributed by atoms with Gasteiger partial charge in [-0.25, -0.2) is 4.79 Å². The van der Waals surface area contributed by atoms with Gasteiger partial charge in [-0.05, 0) is 33.4 Å². The van der Waals surface area contributed by atoms with Crippen LogP contribution in [-0.2, 0) is 4.79 Å². The summed E-state index contributed by atoms with van der Waals surface area (Å²) in [5, 5.41) is 9.44. The van der Waals surface area contributed by atoms with E-state index in [9.17, 15) is 14.7 Å². The zero-order valence-corrected chi connectivity index (χ0v) is 13.1. The number of likely N-dealkylation sites (N-methyl/N-ethyl adjacent to an activating group) is 2. The van der Waals surface area contributed by atoms with Gasteiger partial charge in [0.2, 0.25) is 0 Å². The van der Waals surface area contributed by atoms with Crippen molar-refractivity contribution in [2.75, 3.05) is 47.3 Å². The minimum Gasteiger partial charge on any atom is -0.481 e. The Balaban J connectivity index is 2.66. The Morgan fingerprint density at radius 3 is 2.40 bits per heavy atom. The normalized spacial score (nSPS) is 22.9. The number of rotatable bonds is 5. The fraction of sp³-hybridized carbons (Fsp3) is 0.857. The lowest BCUT2D eigenvalue weighted by molar-refractivity contribution is -0.152. The Labute approximate surface area is 121 Å². The van der Waals surface area contributed by atoms with E-state index in [-0.39, 0.29) is 6.03 Å². The third-order valence-corrected chi connectivity index (χ3v) is 4.19. The molecule has 2 amide bonds. The second kappa shape index (κ2) is 6.92. The zero-order valence-electron chi connectivity index (χ0n) is 13.1. The van der Waals surface area contributed by atoms with Crippen LogP contribution in [0.3, 0.4) is 0 Å². The number of likely N-dealkylation sites (tertiary alicyclic amines) is 1. The van der Waals surface area contributed by atoms with Crippen LogP contribution in [0.15, 0.2) is 0 Å². The first-order valence-electron chi connectivity index (χ1n) is 7.20. The van der Waals surface area contributed by atoms with Crippen molar-refractivity contribution >= 4 is 12.0 Å². The molecule has 0 aromatic carbocycles. The third kappa shape index (κ3) is 3.85. The smallest absolute Gasteiger partial charge is 0.319 e. The molecule has 1 rings (SSSR count). The molecule has 20 heavy (non-hydrogen) atoms. The Bertz CT molecular complexity index is 360. The average molecular weight is 285 g/mol. The fourth-order valence-corrected chi connectivity index (χ4v) is 2.60.